The van der Waals surface area contributed by atoms with Crippen LogP contribution in [0.25, 0.3) is 12.2 Å². The third-order valence-electron chi connectivity index (χ3n) is 2.01. The molecule has 0 amide bonds. The molecule has 0 saturated heterocycles. The Kier molecular flexibility index (Phi) is 3.72. The normalized spacial score (nSPS) is 10.0. The molecule has 0 aliphatic rings. The summed E-state index contributed by atoms with van der Waals surface area (Å²) in [5.74, 6) is 0. The predicted octanol–water partition coefficient (Wildman–Crippen LogP) is 0.169. The second-order valence-corrected chi connectivity index (χ2v) is 5.07. The van der Waals surface area contributed by atoms with E-state index in [4.69, 9.17) is 0 Å². The SMILES string of the molecule is C=Cc1cc(C)c([I-]C)cc1C=C. The summed E-state index contributed by atoms with van der Waals surface area (Å²) in [5, 5.41) is 0. The van der Waals surface area contributed by atoms with Crippen LogP contribution in [-0.4, -0.2) is 4.93 Å². The van der Waals surface area contributed by atoms with Crippen molar-refractivity contribution >= 4 is 12.2 Å². The van der Waals surface area contributed by atoms with Crippen molar-refractivity contribution in [1.82, 2.24) is 0 Å². The average Bonchev–Trinajstić information content (AvgIpc) is 2.17. The number of benzene rings is 1. The molecule has 0 N–H and O–H groups in total. The van der Waals surface area contributed by atoms with Crippen LogP contribution < -0.4 is 21.2 Å². The summed E-state index contributed by atoms with van der Waals surface area (Å²) in [6.07, 6.45) is 3.79. The van der Waals surface area contributed by atoms with Gasteiger partial charge in [0.1, 0.15) is 0 Å². The maximum atomic E-state index is 3.81. The Morgan fingerprint density at radius 1 is 1.15 bits per heavy atom. The molecule has 0 spiro atoms. The van der Waals surface area contributed by atoms with E-state index in [9.17, 15) is 0 Å². The molecule has 0 fully saturated rings. The van der Waals surface area contributed by atoms with E-state index in [0.717, 1.165) is 0 Å². The van der Waals surface area contributed by atoms with Crippen LogP contribution in [0.5, 0.6) is 0 Å². The molecule has 0 aliphatic carbocycles. The standard InChI is InChI=1S/C12H14I/c1-5-10-7-9(3)12(13-4)8-11(10)6-2/h5-8H,1-2H2,3-4H3/q-1. The van der Waals surface area contributed by atoms with Crippen LogP contribution in [-0.2, 0) is 0 Å². The van der Waals surface area contributed by atoms with Crippen molar-refractivity contribution in [3.8, 4) is 0 Å². The van der Waals surface area contributed by atoms with Crippen molar-refractivity contribution in [1.29, 1.82) is 0 Å². The first-order valence-electron chi connectivity index (χ1n) is 4.12. The van der Waals surface area contributed by atoms with Crippen molar-refractivity contribution in [2.24, 2.45) is 0 Å². The van der Waals surface area contributed by atoms with E-state index in [1.54, 1.807) is 0 Å². The first-order valence-corrected chi connectivity index (χ1v) is 7.35. The van der Waals surface area contributed by atoms with E-state index in [0.29, 0.717) is 0 Å². The molecule has 0 atom stereocenters. The van der Waals surface area contributed by atoms with Crippen LogP contribution in [0.1, 0.15) is 16.7 Å². The molecule has 70 valence electrons. The van der Waals surface area contributed by atoms with Crippen LogP contribution in [0.4, 0.5) is 0 Å². The number of alkyl halides is 1. The summed E-state index contributed by atoms with van der Waals surface area (Å²) in [6.45, 7) is 9.77. The van der Waals surface area contributed by atoms with Crippen molar-refractivity contribution in [2.75, 3.05) is 4.93 Å². The molecule has 0 unspecified atom stereocenters. The third-order valence-corrected chi connectivity index (χ3v) is 4.33. The topological polar surface area (TPSA) is 0 Å². The van der Waals surface area contributed by atoms with Crippen LogP contribution in [0, 0.1) is 10.5 Å². The van der Waals surface area contributed by atoms with Gasteiger partial charge in [-0.1, -0.05) is 0 Å². The van der Waals surface area contributed by atoms with Gasteiger partial charge in [-0.25, -0.2) is 0 Å². The van der Waals surface area contributed by atoms with E-state index in [2.05, 4.69) is 37.1 Å². The van der Waals surface area contributed by atoms with Gasteiger partial charge in [0.2, 0.25) is 0 Å². The fourth-order valence-corrected chi connectivity index (χ4v) is 2.93. The molecular weight excluding hydrogens is 271 g/mol. The summed E-state index contributed by atoms with van der Waals surface area (Å²) in [4.78, 5) is 2.28. The zero-order valence-electron chi connectivity index (χ0n) is 8.10. The van der Waals surface area contributed by atoms with Crippen LogP contribution >= 0.6 is 0 Å². The molecule has 1 aromatic rings. The van der Waals surface area contributed by atoms with Crippen LogP contribution in [0.15, 0.2) is 25.3 Å². The Bertz CT molecular complexity index is 337. The summed E-state index contributed by atoms with van der Waals surface area (Å²) in [5.41, 5.74) is 3.78. The molecule has 13 heavy (non-hydrogen) atoms. The number of rotatable bonds is 3. The summed E-state index contributed by atoms with van der Waals surface area (Å²) in [7, 11) is 0. The fraction of sp³-hybridized carbons (Fsp3) is 0.167. The van der Waals surface area contributed by atoms with Crippen molar-refractivity contribution in [2.45, 2.75) is 6.92 Å². The second kappa shape index (κ2) is 4.61. The van der Waals surface area contributed by atoms with Gasteiger partial charge in [-0.05, 0) is 0 Å². The number of aryl methyl sites for hydroxylation is 1. The molecule has 0 radical (unpaired) electrons. The molecule has 0 aliphatic heterocycles. The molecule has 0 nitrogen and oxygen atoms in total. The summed E-state index contributed by atoms with van der Waals surface area (Å²) < 4.78 is 1.50. The molecule has 1 aromatic carbocycles. The Balaban J connectivity index is 3.34. The first-order chi connectivity index (χ1) is 6.22. The van der Waals surface area contributed by atoms with Gasteiger partial charge in [-0.2, -0.15) is 0 Å². The van der Waals surface area contributed by atoms with Gasteiger partial charge in [0.15, 0.2) is 0 Å². The first kappa shape index (κ1) is 10.5. The van der Waals surface area contributed by atoms with Crippen molar-refractivity contribution in [3.63, 3.8) is 0 Å². The zero-order valence-corrected chi connectivity index (χ0v) is 10.3. The fourth-order valence-electron chi connectivity index (χ4n) is 1.28. The third kappa shape index (κ3) is 2.21. The molecular formula is C12H14I-. The van der Waals surface area contributed by atoms with Crippen LogP contribution in [0.3, 0.4) is 0 Å². The Labute approximate surface area is 90.6 Å². The van der Waals surface area contributed by atoms with E-state index in [-0.39, 0.29) is 21.2 Å². The molecule has 1 heteroatoms. The van der Waals surface area contributed by atoms with Gasteiger partial charge in [0.05, 0.1) is 0 Å². The monoisotopic (exact) mass is 285 g/mol. The van der Waals surface area contributed by atoms with Gasteiger partial charge in [0, 0.05) is 0 Å². The van der Waals surface area contributed by atoms with Crippen molar-refractivity contribution < 1.29 is 21.2 Å². The van der Waals surface area contributed by atoms with Gasteiger partial charge >= 0.3 is 90.8 Å². The van der Waals surface area contributed by atoms with Gasteiger partial charge < -0.3 is 0 Å². The Morgan fingerprint density at radius 2 is 1.69 bits per heavy atom. The number of hydrogen-bond donors (Lipinski definition) is 0. The Hall–Kier alpha value is -0.570. The number of hydrogen-bond acceptors (Lipinski definition) is 0. The zero-order chi connectivity index (χ0) is 9.84. The Morgan fingerprint density at radius 3 is 2.15 bits per heavy atom. The molecule has 0 saturated carbocycles. The van der Waals surface area contributed by atoms with E-state index in [1.165, 1.54) is 20.3 Å². The molecule has 0 bridgehead atoms. The molecule has 0 aromatic heterocycles. The molecule has 0 heterocycles. The van der Waals surface area contributed by atoms with Gasteiger partial charge in [-0.15, -0.1) is 0 Å². The quantitative estimate of drug-likeness (QED) is 0.548. The maximum absolute atomic E-state index is 3.81. The minimum atomic E-state index is 0.165. The van der Waals surface area contributed by atoms with Crippen molar-refractivity contribution in [3.05, 3.63) is 45.6 Å². The van der Waals surface area contributed by atoms with Gasteiger partial charge in [-0.3, -0.25) is 0 Å². The second-order valence-electron chi connectivity index (χ2n) is 2.83. The van der Waals surface area contributed by atoms with Gasteiger partial charge in [0.25, 0.3) is 0 Å². The van der Waals surface area contributed by atoms with E-state index >= 15 is 0 Å². The summed E-state index contributed by atoms with van der Waals surface area (Å²) in [6, 6.07) is 4.44. The summed E-state index contributed by atoms with van der Waals surface area (Å²) >= 11 is 0.165. The number of halogens is 1. The minimum absolute atomic E-state index is 0.165. The van der Waals surface area contributed by atoms with Crippen LogP contribution in [0.2, 0.25) is 0 Å². The average molecular weight is 285 g/mol. The van der Waals surface area contributed by atoms with E-state index < -0.39 is 0 Å². The molecule has 1 rings (SSSR count). The van der Waals surface area contributed by atoms with E-state index in [1.807, 2.05) is 12.2 Å². The predicted molar refractivity (Wildman–Crippen MR) is 56.0 cm³/mol.